The van der Waals surface area contributed by atoms with Crippen molar-refractivity contribution in [2.45, 2.75) is 36.8 Å². The normalized spacial score (nSPS) is 21.4. The van der Waals surface area contributed by atoms with Crippen LogP contribution in [0.1, 0.15) is 22.8 Å². The van der Waals surface area contributed by atoms with Crippen molar-refractivity contribution >= 4 is 0 Å². The van der Waals surface area contributed by atoms with Crippen molar-refractivity contribution < 1.29 is 36.2 Å². The van der Waals surface area contributed by atoms with Gasteiger partial charge in [-0.15, -0.1) is 0 Å². The summed E-state index contributed by atoms with van der Waals surface area (Å²) in [5, 5.41) is 9.56. The fourth-order valence-electron chi connectivity index (χ4n) is 4.90. The monoisotopic (exact) mass is 536 g/mol. The van der Waals surface area contributed by atoms with Crippen LogP contribution in [0.4, 0.5) is 26.3 Å². The third-order valence-electron chi connectivity index (χ3n) is 7.18. The molecule has 10 heteroatoms. The van der Waals surface area contributed by atoms with E-state index in [0.717, 1.165) is 50.4 Å². The van der Waals surface area contributed by atoms with Gasteiger partial charge in [0.15, 0.2) is 0 Å². The molecule has 3 aromatic carbocycles. The van der Waals surface area contributed by atoms with Gasteiger partial charge in [-0.05, 0) is 22.3 Å². The molecule has 0 saturated carbocycles. The lowest BCUT2D eigenvalue weighted by Gasteiger charge is -2.34. The molecule has 2 unspecified atom stereocenters. The van der Waals surface area contributed by atoms with Gasteiger partial charge < -0.3 is 9.84 Å². The Kier molecular flexibility index (Phi) is 7.02. The molecule has 2 atom stereocenters. The molecule has 2 heterocycles. The highest BCUT2D eigenvalue weighted by Crippen LogP contribution is 2.50. The zero-order valence-electron chi connectivity index (χ0n) is 20.2. The smallest absolute Gasteiger partial charge is 0.369 e. The summed E-state index contributed by atoms with van der Waals surface area (Å²) in [6.45, 7) is 4.27. The van der Waals surface area contributed by atoms with Gasteiger partial charge in [0.2, 0.25) is 0 Å². The molecule has 0 amide bonds. The van der Waals surface area contributed by atoms with E-state index in [1.54, 1.807) is 12.1 Å². The van der Waals surface area contributed by atoms with Gasteiger partial charge >= 0.3 is 12.4 Å². The van der Waals surface area contributed by atoms with E-state index in [9.17, 15) is 31.4 Å². The zero-order chi connectivity index (χ0) is 27.1. The highest BCUT2D eigenvalue weighted by atomic mass is 19.4. The van der Waals surface area contributed by atoms with Gasteiger partial charge in [0, 0.05) is 38.3 Å². The Morgan fingerprint density at radius 3 is 1.76 bits per heavy atom. The molecule has 4 nitrogen and oxygen atoms in total. The van der Waals surface area contributed by atoms with Gasteiger partial charge in [0.05, 0.1) is 0 Å². The largest absolute Gasteiger partial charge is 0.430 e. The molecule has 0 radical (unpaired) electrons. The van der Waals surface area contributed by atoms with Gasteiger partial charge in [-0.2, -0.15) is 26.3 Å². The van der Waals surface area contributed by atoms with Crippen LogP contribution in [0.25, 0.3) is 11.1 Å². The second-order valence-electron chi connectivity index (χ2n) is 9.65. The van der Waals surface area contributed by atoms with Crippen LogP contribution < -0.4 is 0 Å². The molecule has 0 spiro atoms. The molecular weight excluding hydrogens is 510 g/mol. The first kappa shape index (κ1) is 26.7. The standard InChI is InChI=1S/C28H26F6N2O2/c29-27(30,31)26(37,28(32,33)34)23-12-10-21(11-13-23)20-8-6-19(7-9-20)18-35-14-16-36(17-15-35)25-24(38-25)22-4-2-1-3-5-22/h1-13,24-25,37H,14-18H2. The van der Waals surface area contributed by atoms with Gasteiger partial charge in [-0.3, -0.25) is 9.80 Å². The SMILES string of the molecule is OC(c1ccc(-c2ccc(CN3CCN(C4OC4c4ccccc4)CC3)cc2)cc1)(C(F)(F)F)C(F)(F)F. The van der Waals surface area contributed by atoms with Crippen LogP contribution in [-0.2, 0) is 16.9 Å². The summed E-state index contributed by atoms with van der Waals surface area (Å²) < 4.78 is 84.6. The highest BCUT2D eigenvalue weighted by molar-refractivity contribution is 5.64. The number of piperazine rings is 1. The first-order valence-electron chi connectivity index (χ1n) is 12.2. The van der Waals surface area contributed by atoms with E-state index >= 15 is 0 Å². The number of hydrogen-bond acceptors (Lipinski definition) is 4. The van der Waals surface area contributed by atoms with E-state index in [2.05, 4.69) is 21.9 Å². The van der Waals surface area contributed by atoms with Crippen LogP contribution in [0.2, 0.25) is 0 Å². The van der Waals surface area contributed by atoms with Gasteiger partial charge in [-0.25, -0.2) is 0 Å². The third-order valence-corrected chi connectivity index (χ3v) is 7.18. The molecule has 0 aromatic heterocycles. The molecule has 202 valence electrons. The van der Waals surface area contributed by atoms with E-state index in [0.29, 0.717) is 23.3 Å². The lowest BCUT2D eigenvalue weighted by Crippen LogP contribution is -2.53. The number of aliphatic hydroxyl groups is 1. The Labute approximate surface area is 216 Å². The molecule has 38 heavy (non-hydrogen) atoms. The molecule has 2 fully saturated rings. The molecule has 2 aliphatic rings. The maximum absolute atomic E-state index is 13.1. The number of halogens is 6. The van der Waals surface area contributed by atoms with Gasteiger partial charge in [-0.1, -0.05) is 78.9 Å². The zero-order valence-corrected chi connectivity index (χ0v) is 20.2. The highest BCUT2D eigenvalue weighted by Gasteiger charge is 2.71. The van der Waals surface area contributed by atoms with Crippen LogP contribution >= 0.6 is 0 Å². The number of rotatable bonds is 6. The number of alkyl halides is 6. The summed E-state index contributed by atoms with van der Waals surface area (Å²) in [5.41, 5.74) is -2.88. The van der Waals surface area contributed by atoms with Gasteiger partial charge in [0.1, 0.15) is 12.3 Å². The fraction of sp³-hybridized carbons (Fsp3) is 0.357. The van der Waals surface area contributed by atoms with E-state index in [-0.39, 0.29) is 12.3 Å². The number of benzene rings is 3. The van der Waals surface area contributed by atoms with Crippen molar-refractivity contribution in [2.24, 2.45) is 0 Å². The summed E-state index contributed by atoms with van der Waals surface area (Å²) >= 11 is 0. The predicted molar refractivity (Wildman–Crippen MR) is 129 cm³/mol. The molecule has 2 saturated heterocycles. The fourth-order valence-corrected chi connectivity index (χ4v) is 4.90. The van der Waals surface area contributed by atoms with E-state index < -0.39 is 23.5 Å². The van der Waals surface area contributed by atoms with E-state index in [4.69, 9.17) is 4.74 Å². The Hall–Kier alpha value is -2.92. The second-order valence-corrected chi connectivity index (χ2v) is 9.65. The molecule has 0 aliphatic carbocycles. The lowest BCUT2D eigenvalue weighted by atomic mass is 9.90. The number of epoxide rings is 1. The van der Waals surface area contributed by atoms with E-state index in [1.165, 1.54) is 5.56 Å². The first-order valence-corrected chi connectivity index (χ1v) is 12.2. The Morgan fingerprint density at radius 1 is 0.711 bits per heavy atom. The predicted octanol–water partition coefficient (Wildman–Crippen LogP) is 5.88. The van der Waals surface area contributed by atoms with Gasteiger partial charge in [0.25, 0.3) is 5.60 Å². The molecule has 5 rings (SSSR count). The summed E-state index contributed by atoms with van der Waals surface area (Å²) in [4.78, 5) is 4.68. The summed E-state index contributed by atoms with van der Waals surface area (Å²) in [5.74, 6) is 0. The summed E-state index contributed by atoms with van der Waals surface area (Å²) in [6.07, 6.45) is -11.6. The number of nitrogens with zero attached hydrogens (tertiary/aromatic N) is 2. The molecule has 1 N–H and O–H groups in total. The Bertz CT molecular complexity index is 1210. The van der Waals surface area contributed by atoms with Crippen molar-refractivity contribution in [1.29, 1.82) is 0 Å². The molecule has 3 aromatic rings. The van der Waals surface area contributed by atoms with Crippen molar-refractivity contribution in [1.82, 2.24) is 9.80 Å². The van der Waals surface area contributed by atoms with Crippen molar-refractivity contribution in [3.8, 4) is 11.1 Å². The summed E-state index contributed by atoms with van der Waals surface area (Å²) in [6, 6.07) is 21.1. The van der Waals surface area contributed by atoms with Crippen LogP contribution in [0, 0.1) is 0 Å². The first-order chi connectivity index (χ1) is 18.0. The quantitative estimate of drug-likeness (QED) is 0.316. The molecule has 2 aliphatic heterocycles. The topological polar surface area (TPSA) is 39.2 Å². The maximum atomic E-state index is 13.1. The van der Waals surface area contributed by atoms with Crippen LogP contribution in [0.3, 0.4) is 0 Å². The minimum Gasteiger partial charge on any atom is -0.369 e. The van der Waals surface area contributed by atoms with Crippen molar-refractivity contribution in [2.75, 3.05) is 26.2 Å². The van der Waals surface area contributed by atoms with Crippen LogP contribution in [-0.4, -0.2) is 59.7 Å². The average Bonchev–Trinajstić information content (AvgIpc) is 3.70. The Balaban J connectivity index is 1.17. The number of ether oxygens (including phenoxy) is 1. The van der Waals surface area contributed by atoms with E-state index in [1.807, 2.05) is 30.3 Å². The van der Waals surface area contributed by atoms with Crippen LogP contribution in [0.15, 0.2) is 78.9 Å². The van der Waals surface area contributed by atoms with Crippen molar-refractivity contribution in [3.05, 3.63) is 95.6 Å². The van der Waals surface area contributed by atoms with Crippen LogP contribution in [0.5, 0.6) is 0 Å². The third kappa shape index (κ3) is 5.18. The van der Waals surface area contributed by atoms with Crippen molar-refractivity contribution in [3.63, 3.8) is 0 Å². The second kappa shape index (κ2) is 10.00. The number of hydrogen-bond donors (Lipinski definition) is 1. The maximum Gasteiger partial charge on any atom is 0.430 e. The lowest BCUT2D eigenvalue weighted by molar-refractivity contribution is -0.376. The molecule has 0 bridgehead atoms. The average molecular weight is 537 g/mol. The minimum atomic E-state index is -5.91. The minimum absolute atomic E-state index is 0.119. The molecular formula is C28H26F6N2O2. The Morgan fingerprint density at radius 2 is 1.24 bits per heavy atom. The summed E-state index contributed by atoms with van der Waals surface area (Å²) in [7, 11) is 0.